The number of rotatable bonds is 4. The van der Waals surface area contributed by atoms with Crippen LogP contribution in [0.5, 0.6) is 0 Å². The summed E-state index contributed by atoms with van der Waals surface area (Å²) >= 11 is 6.24. The zero-order valence-electron chi connectivity index (χ0n) is 22.6. The predicted octanol–water partition coefficient (Wildman–Crippen LogP) is 9.72. The molecule has 41 heavy (non-hydrogen) atoms. The van der Waals surface area contributed by atoms with Crippen LogP contribution in [0.3, 0.4) is 0 Å². The van der Waals surface area contributed by atoms with Crippen molar-refractivity contribution in [1.82, 2.24) is 0 Å². The Hall–Kier alpha value is -4.43. The average Bonchev–Trinajstić information content (AvgIpc) is 3.16. The van der Waals surface area contributed by atoms with Gasteiger partial charge in [0.2, 0.25) is 0 Å². The van der Waals surface area contributed by atoms with Crippen molar-refractivity contribution in [1.29, 1.82) is 0 Å². The Labute approximate surface area is 246 Å². The van der Waals surface area contributed by atoms with Gasteiger partial charge in [0.25, 0.3) is 0 Å². The van der Waals surface area contributed by atoms with E-state index in [1.165, 1.54) is 22.3 Å². The minimum Gasteiger partial charge on any atom is -0.376 e. The van der Waals surface area contributed by atoms with E-state index in [1.807, 2.05) is 42.5 Å². The summed E-state index contributed by atoms with van der Waals surface area (Å²) in [5.74, 6) is 0. The minimum absolute atomic E-state index is 0.693. The third-order valence-corrected chi connectivity index (χ3v) is 8.61. The molecule has 1 N–H and O–H groups in total. The molecule has 0 bridgehead atoms. The zero-order chi connectivity index (χ0) is 27.8. The third-order valence-electron chi connectivity index (χ3n) is 8.36. The molecule has 0 aromatic heterocycles. The highest BCUT2D eigenvalue weighted by Crippen LogP contribution is 2.47. The topological polar surface area (TPSA) is 20.2 Å². The van der Waals surface area contributed by atoms with Crippen LogP contribution >= 0.6 is 11.6 Å². The maximum Gasteiger partial charge on any atom is 0.141 e. The highest BCUT2D eigenvalue weighted by molar-refractivity contribution is 6.30. The summed E-state index contributed by atoms with van der Waals surface area (Å²) in [5, 5.41) is 13.8. The first-order chi connectivity index (χ1) is 20.1. The van der Waals surface area contributed by atoms with Crippen molar-refractivity contribution >= 4 is 11.6 Å². The molecule has 0 saturated carbocycles. The maximum atomic E-state index is 13.1. The molecule has 7 rings (SSSR count). The van der Waals surface area contributed by atoms with E-state index >= 15 is 0 Å². The van der Waals surface area contributed by atoms with Crippen molar-refractivity contribution in [2.45, 2.75) is 18.4 Å². The molecule has 0 amide bonds. The van der Waals surface area contributed by atoms with Crippen LogP contribution in [-0.4, -0.2) is 5.11 Å². The molecule has 198 valence electrons. The summed E-state index contributed by atoms with van der Waals surface area (Å²) in [7, 11) is 0. The normalized spacial score (nSPS) is 16.0. The number of fused-ring (bicyclic) bond motifs is 2. The average molecular weight is 549 g/mol. The molecule has 6 aromatic carbocycles. The van der Waals surface area contributed by atoms with E-state index < -0.39 is 5.60 Å². The highest BCUT2D eigenvalue weighted by atomic mass is 35.5. The van der Waals surface area contributed by atoms with Crippen molar-refractivity contribution in [2.75, 3.05) is 0 Å². The summed E-state index contributed by atoms with van der Waals surface area (Å²) in [5.41, 5.74) is 10.5. The largest absolute Gasteiger partial charge is 0.376 e. The van der Waals surface area contributed by atoms with Gasteiger partial charge in [0.15, 0.2) is 0 Å². The van der Waals surface area contributed by atoms with Crippen LogP contribution in [0.4, 0.5) is 0 Å². The molecule has 6 aromatic rings. The maximum absolute atomic E-state index is 13.1. The third kappa shape index (κ3) is 4.48. The Morgan fingerprint density at radius 2 is 0.951 bits per heavy atom. The van der Waals surface area contributed by atoms with Crippen molar-refractivity contribution in [3.8, 4) is 33.4 Å². The second kappa shape index (κ2) is 10.5. The Morgan fingerprint density at radius 3 is 1.71 bits per heavy atom. The van der Waals surface area contributed by atoms with Gasteiger partial charge in [-0.3, -0.25) is 0 Å². The fourth-order valence-corrected chi connectivity index (χ4v) is 6.53. The second-order valence-electron chi connectivity index (χ2n) is 10.7. The molecule has 1 unspecified atom stereocenters. The van der Waals surface area contributed by atoms with Crippen molar-refractivity contribution in [3.05, 3.63) is 178 Å². The van der Waals surface area contributed by atoms with Gasteiger partial charge in [-0.25, -0.2) is 0 Å². The molecule has 0 spiro atoms. The molecule has 1 aliphatic carbocycles. The van der Waals surface area contributed by atoms with Crippen molar-refractivity contribution in [2.24, 2.45) is 0 Å². The van der Waals surface area contributed by atoms with Crippen LogP contribution in [0.2, 0.25) is 5.02 Å². The molecule has 1 atom stereocenters. The Kier molecular flexibility index (Phi) is 6.55. The molecule has 2 heteroatoms. The Morgan fingerprint density at radius 1 is 0.439 bits per heavy atom. The monoisotopic (exact) mass is 548 g/mol. The first-order valence-electron chi connectivity index (χ1n) is 14.1. The number of hydrogen-bond donors (Lipinski definition) is 1. The molecular weight excluding hydrogens is 520 g/mol. The first-order valence-corrected chi connectivity index (χ1v) is 14.4. The standard InChI is InChI=1S/C39H29ClO/c40-32-23-20-28(21-24-32)35-15-7-9-17-38(35)39(41)36-16-8-4-12-29(36)18-19-31-26-30(22-25-37(31)39)34-14-6-5-13-33(34)27-10-2-1-3-11-27/h1-17,20-26,41H,18-19H2. The van der Waals surface area contributed by atoms with Crippen molar-refractivity contribution in [3.63, 3.8) is 0 Å². The summed E-state index contributed by atoms with van der Waals surface area (Å²) < 4.78 is 0. The van der Waals surface area contributed by atoms with Gasteiger partial charge < -0.3 is 5.11 Å². The van der Waals surface area contributed by atoms with Gasteiger partial charge in [-0.1, -0.05) is 145 Å². The first kappa shape index (κ1) is 25.5. The van der Waals surface area contributed by atoms with Gasteiger partial charge >= 0.3 is 0 Å². The minimum atomic E-state index is -1.32. The summed E-state index contributed by atoms with van der Waals surface area (Å²) in [6, 6.07) is 50.1. The van der Waals surface area contributed by atoms with Crippen LogP contribution in [-0.2, 0) is 18.4 Å². The molecule has 0 fully saturated rings. The van der Waals surface area contributed by atoms with E-state index in [9.17, 15) is 5.11 Å². The van der Waals surface area contributed by atoms with Crippen LogP contribution in [0.15, 0.2) is 146 Å². The van der Waals surface area contributed by atoms with Crippen LogP contribution in [0.25, 0.3) is 33.4 Å². The number of aliphatic hydroxyl groups is 1. The summed E-state index contributed by atoms with van der Waals surface area (Å²) in [6.07, 6.45) is 1.71. The van der Waals surface area contributed by atoms with E-state index in [-0.39, 0.29) is 0 Å². The van der Waals surface area contributed by atoms with E-state index in [2.05, 4.69) is 103 Å². The van der Waals surface area contributed by atoms with E-state index in [1.54, 1.807) is 0 Å². The highest BCUT2D eigenvalue weighted by Gasteiger charge is 2.40. The molecular formula is C39H29ClO. The summed E-state index contributed by atoms with van der Waals surface area (Å²) in [6.45, 7) is 0. The van der Waals surface area contributed by atoms with Gasteiger partial charge in [0, 0.05) is 10.6 Å². The fraction of sp³-hybridized carbons (Fsp3) is 0.0769. The van der Waals surface area contributed by atoms with Crippen LogP contribution < -0.4 is 0 Å². The number of benzene rings is 6. The lowest BCUT2D eigenvalue weighted by atomic mass is 9.75. The molecule has 0 radical (unpaired) electrons. The van der Waals surface area contributed by atoms with Crippen LogP contribution in [0.1, 0.15) is 27.8 Å². The molecule has 0 saturated heterocycles. The summed E-state index contributed by atoms with van der Waals surface area (Å²) in [4.78, 5) is 0. The van der Waals surface area contributed by atoms with Gasteiger partial charge in [0.05, 0.1) is 0 Å². The number of aryl methyl sites for hydroxylation is 2. The van der Waals surface area contributed by atoms with Crippen LogP contribution in [0, 0.1) is 0 Å². The van der Waals surface area contributed by atoms with Gasteiger partial charge in [0.1, 0.15) is 5.60 Å². The van der Waals surface area contributed by atoms with Gasteiger partial charge in [-0.05, 0) is 80.6 Å². The lowest BCUT2D eigenvalue weighted by Crippen LogP contribution is -2.31. The SMILES string of the molecule is OC1(c2ccccc2-c2ccc(Cl)cc2)c2ccccc2CCc2cc(-c3ccccc3-c3ccccc3)ccc21. The van der Waals surface area contributed by atoms with E-state index in [4.69, 9.17) is 11.6 Å². The molecule has 1 nitrogen and oxygen atoms in total. The number of hydrogen-bond acceptors (Lipinski definition) is 1. The smallest absolute Gasteiger partial charge is 0.141 e. The zero-order valence-corrected chi connectivity index (χ0v) is 23.4. The Balaban J connectivity index is 1.45. The molecule has 0 heterocycles. The predicted molar refractivity (Wildman–Crippen MR) is 170 cm³/mol. The second-order valence-corrected chi connectivity index (χ2v) is 11.1. The lowest BCUT2D eigenvalue weighted by molar-refractivity contribution is 0.125. The van der Waals surface area contributed by atoms with E-state index in [0.29, 0.717) is 5.02 Å². The Bertz CT molecular complexity index is 1860. The van der Waals surface area contributed by atoms with E-state index in [0.717, 1.165) is 51.8 Å². The van der Waals surface area contributed by atoms with Gasteiger partial charge in [-0.2, -0.15) is 0 Å². The lowest BCUT2D eigenvalue weighted by Gasteiger charge is -2.34. The fourth-order valence-electron chi connectivity index (χ4n) is 6.40. The molecule has 0 aliphatic heterocycles. The van der Waals surface area contributed by atoms with Gasteiger partial charge in [-0.15, -0.1) is 0 Å². The quantitative estimate of drug-likeness (QED) is 0.232. The molecule has 1 aliphatic rings. The number of halogens is 1. The van der Waals surface area contributed by atoms with Crippen molar-refractivity contribution < 1.29 is 5.11 Å².